The SMILES string of the molecule is CC1CNC(=O)NC1=O.NCCCCNCc1c[nH]c(=O)[nH]c1=O. The van der Waals surface area contributed by atoms with Gasteiger partial charge < -0.3 is 21.4 Å². The molecule has 0 bridgehead atoms. The van der Waals surface area contributed by atoms with Crippen molar-refractivity contribution in [3.8, 4) is 0 Å². The predicted octanol–water partition coefficient (Wildman–Crippen LogP) is -1.65. The van der Waals surface area contributed by atoms with Crippen molar-refractivity contribution in [3.05, 3.63) is 32.6 Å². The van der Waals surface area contributed by atoms with Gasteiger partial charge in [0.25, 0.3) is 5.56 Å². The molecule has 1 fully saturated rings. The van der Waals surface area contributed by atoms with Gasteiger partial charge in [-0.2, -0.15) is 0 Å². The van der Waals surface area contributed by atoms with Gasteiger partial charge >= 0.3 is 11.7 Å². The van der Waals surface area contributed by atoms with Crippen molar-refractivity contribution in [3.63, 3.8) is 0 Å². The van der Waals surface area contributed by atoms with Crippen LogP contribution in [0.5, 0.6) is 0 Å². The fraction of sp³-hybridized carbons (Fsp3) is 0.571. The lowest BCUT2D eigenvalue weighted by Gasteiger charge is -2.17. The molecule has 0 aliphatic carbocycles. The molecular weight excluding hydrogens is 316 g/mol. The lowest BCUT2D eigenvalue weighted by Crippen LogP contribution is -2.51. The van der Waals surface area contributed by atoms with Gasteiger partial charge in [0.15, 0.2) is 0 Å². The van der Waals surface area contributed by atoms with Crippen LogP contribution >= 0.6 is 0 Å². The molecule has 3 amide bonds. The van der Waals surface area contributed by atoms with Crippen LogP contribution in [-0.2, 0) is 11.3 Å². The number of unbranched alkanes of at least 4 members (excludes halogenated alkanes) is 1. The fourth-order valence-corrected chi connectivity index (χ4v) is 1.80. The van der Waals surface area contributed by atoms with E-state index in [9.17, 15) is 19.2 Å². The Labute approximate surface area is 138 Å². The fourth-order valence-electron chi connectivity index (χ4n) is 1.80. The zero-order valence-corrected chi connectivity index (χ0v) is 13.6. The maximum Gasteiger partial charge on any atom is 0.325 e. The second-order valence-corrected chi connectivity index (χ2v) is 5.37. The van der Waals surface area contributed by atoms with E-state index >= 15 is 0 Å². The molecule has 1 unspecified atom stereocenters. The van der Waals surface area contributed by atoms with E-state index in [-0.39, 0.29) is 17.4 Å². The topological polar surface area (TPSA) is 162 Å². The van der Waals surface area contributed by atoms with Crippen LogP contribution in [0.15, 0.2) is 15.8 Å². The lowest BCUT2D eigenvalue weighted by atomic mass is 10.1. The molecule has 0 saturated carbocycles. The third-order valence-electron chi connectivity index (χ3n) is 3.27. The molecule has 24 heavy (non-hydrogen) atoms. The normalized spacial score (nSPS) is 16.7. The van der Waals surface area contributed by atoms with Crippen molar-refractivity contribution >= 4 is 11.9 Å². The van der Waals surface area contributed by atoms with E-state index in [1.165, 1.54) is 6.20 Å². The third kappa shape index (κ3) is 7.20. The Bertz CT molecular complexity index is 653. The largest absolute Gasteiger partial charge is 0.337 e. The number of rotatable bonds is 6. The van der Waals surface area contributed by atoms with Crippen LogP contribution in [0.2, 0.25) is 0 Å². The van der Waals surface area contributed by atoms with Gasteiger partial charge in [-0.05, 0) is 25.9 Å². The standard InChI is InChI=1S/C9H16N4O2.C5H8N2O2/c10-3-1-2-4-11-5-7-6-12-9(15)13-8(7)14;1-3-2-6-5(9)7-4(3)8/h6,11H,1-5,10H2,(H2,12,13,14,15);3H,2H2,1H3,(H2,6,7,8,9). The molecular formula is C14H24N6O4. The second kappa shape index (κ2) is 10.3. The van der Waals surface area contributed by atoms with Crippen LogP contribution in [0.3, 0.4) is 0 Å². The first-order valence-electron chi connectivity index (χ1n) is 7.74. The Morgan fingerprint density at radius 3 is 2.58 bits per heavy atom. The van der Waals surface area contributed by atoms with Gasteiger partial charge in [-0.1, -0.05) is 6.92 Å². The molecule has 0 spiro atoms. The highest BCUT2D eigenvalue weighted by molar-refractivity contribution is 5.97. The molecule has 1 aliphatic heterocycles. The molecule has 10 heteroatoms. The first kappa shape index (κ1) is 19.6. The Kier molecular flexibility index (Phi) is 8.44. The summed E-state index contributed by atoms with van der Waals surface area (Å²) in [7, 11) is 0. The number of nitrogens with one attached hydrogen (secondary N) is 5. The number of carbonyl (C=O) groups excluding carboxylic acids is 2. The summed E-state index contributed by atoms with van der Waals surface area (Å²) in [6, 6.07) is -0.391. The van der Waals surface area contributed by atoms with Crippen LogP contribution in [0.25, 0.3) is 0 Å². The van der Waals surface area contributed by atoms with E-state index in [2.05, 4.69) is 25.9 Å². The molecule has 134 valence electrons. The Balaban J connectivity index is 0.000000272. The van der Waals surface area contributed by atoms with Crippen LogP contribution < -0.4 is 32.9 Å². The predicted molar refractivity (Wildman–Crippen MR) is 88.4 cm³/mol. The summed E-state index contributed by atoms with van der Waals surface area (Å²) < 4.78 is 0. The van der Waals surface area contributed by atoms with E-state index in [0.29, 0.717) is 25.2 Å². The van der Waals surface area contributed by atoms with E-state index in [1.807, 2.05) is 0 Å². The Morgan fingerprint density at radius 1 is 1.25 bits per heavy atom. The minimum atomic E-state index is -0.480. The molecule has 0 aromatic carbocycles. The molecule has 1 aromatic rings. The van der Waals surface area contributed by atoms with Crippen molar-refractivity contribution in [2.75, 3.05) is 19.6 Å². The zero-order valence-electron chi connectivity index (χ0n) is 13.6. The number of carbonyl (C=O) groups is 2. The first-order valence-corrected chi connectivity index (χ1v) is 7.74. The molecule has 1 aromatic heterocycles. The molecule has 1 saturated heterocycles. The van der Waals surface area contributed by atoms with Crippen LogP contribution in [0.4, 0.5) is 4.79 Å². The molecule has 2 heterocycles. The van der Waals surface area contributed by atoms with Gasteiger partial charge in [-0.15, -0.1) is 0 Å². The zero-order chi connectivity index (χ0) is 17.9. The number of urea groups is 1. The maximum atomic E-state index is 11.2. The van der Waals surface area contributed by atoms with Gasteiger partial charge in [0.05, 0.1) is 5.92 Å². The van der Waals surface area contributed by atoms with Crippen LogP contribution in [0.1, 0.15) is 25.3 Å². The summed E-state index contributed by atoms with van der Waals surface area (Å²) in [5.74, 6) is -0.290. The average molecular weight is 340 g/mol. The van der Waals surface area contributed by atoms with E-state index in [1.54, 1.807) is 6.92 Å². The first-order chi connectivity index (χ1) is 11.4. The minimum absolute atomic E-state index is 0.0947. The second-order valence-electron chi connectivity index (χ2n) is 5.37. The van der Waals surface area contributed by atoms with Gasteiger partial charge in [0, 0.05) is 24.8 Å². The van der Waals surface area contributed by atoms with Crippen LogP contribution in [-0.4, -0.2) is 41.5 Å². The molecule has 0 radical (unpaired) electrons. The number of imide groups is 1. The van der Waals surface area contributed by atoms with Crippen molar-refractivity contribution in [1.29, 1.82) is 0 Å². The summed E-state index contributed by atoms with van der Waals surface area (Å²) in [6.07, 6.45) is 3.38. The average Bonchev–Trinajstić information content (AvgIpc) is 2.53. The monoisotopic (exact) mass is 340 g/mol. The summed E-state index contributed by atoms with van der Waals surface area (Å²) in [6.45, 7) is 4.16. The smallest absolute Gasteiger partial charge is 0.325 e. The maximum absolute atomic E-state index is 11.2. The van der Waals surface area contributed by atoms with E-state index in [4.69, 9.17) is 5.73 Å². The minimum Gasteiger partial charge on any atom is -0.337 e. The molecule has 1 aliphatic rings. The van der Waals surface area contributed by atoms with Gasteiger partial charge in [-0.3, -0.25) is 19.9 Å². The Hall–Kier alpha value is -2.46. The van der Waals surface area contributed by atoms with Gasteiger partial charge in [0.2, 0.25) is 5.91 Å². The molecule has 10 nitrogen and oxygen atoms in total. The van der Waals surface area contributed by atoms with Gasteiger partial charge in [-0.25, -0.2) is 9.59 Å². The third-order valence-corrected chi connectivity index (χ3v) is 3.27. The lowest BCUT2D eigenvalue weighted by molar-refractivity contribution is -0.123. The summed E-state index contributed by atoms with van der Waals surface area (Å²) in [5, 5.41) is 7.73. The number of hydrogen-bond acceptors (Lipinski definition) is 6. The highest BCUT2D eigenvalue weighted by atomic mass is 16.2. The number of hydrogen-bond donors (Lipinski definition) is 6. The molecule has 7 N–H and O–H groups in total. The number of H-pyrrole nitrogens is 2. The summed E-state index contributed by atoms with van der Waals surface area (Å²) >= 11 is 0. The van der Waals surface area contributed by atoms with E-state index in [0.717, 1.165) is 19.4 Å². The molecule has 2 rings (SSSR count). The van der Waals surface area contributed by atoms with Crippen molar-refractivity contribution in [2.24, 2.45) is 11.7 Å². The summed E-state index contributed by atoms with van der Waals surface area (Å²) in [5.41, 5.74) is 5.05. The van der Waals surface area contributed by atoms with Crippen LogP contribution in [0, 0.1) is 5.92 Å². The molecule has 1 atom stereocenters. The highest BCUT2D eigenvalue weighted by Crippen LogP contribution is 1.95. The van der Waals surface area contributed by atoms with Gasteiger partial charge in [0.1, 0.15) is 0 Å². The number of nitrogens with two attached hydrogens (primary N) is 1. The van der Waals surface area contributed by atoms with E-state index < -0.39 is 11.7 Å². The number of aromatic nitrogens is 2. The quantitative estimate of drug-likeness (QED) is 0.340. The van der Waals surface area contributed by atoms with Crippen molar-refractivity contribution in [1.82, 2.24) is 25.9 Å². The number of aromatic amines is 2. The highest BCUT2D eigenvalue weighted by Gasteiger charge is 2.20. The van der Waals surface area contributed by atoms with Crippen molar-refractivity contribution in [2.45, 2.75) is 26.3 Å². The Morgan fingerprint density at radius 2 is 2.00 bits per heavy atom. The number of amides is 3. The van der Waals surface area contributed by atoms with Crippen molar-refractivity contribution < 1.29 is 9.59 Å². The summed E-state index contributed by atoms with van der Waals surface area (Å²) in [4.78, 5) is 47.5.